The predicted molar refractivity (Wildman–Crippen MR) is 91.8 cm³/mol. The highest BCUT2D eigenvalue weighted by atomic mass is 35.5. The molecule has 0 spiro atoms. The molecule has 0 aromatic heterocycles. The third-order valence-electron chi connectivity index (χ3n) is 3.99. The summed E-state index contributed by atoms with van der Waals surface area (Å²) in [7, 11) is 0. The molecule has 1 N–H and O–H groups in total. The summed E-state index contributed by atoms with van der Waals surface area (Å²) in [6.07, 6.45) is 1.80. The van der Waals surface area contributed by atoms with Crippen LogP contribution < -0.4 is 4.90 Å². The molecule has 0 radical (unpaired) electrons. The quantitative estimate of drug-likeness (QED) is 0.745. The Hall–Kier alpha value is -0.810. The minimum Gasteiger partial charge on any atom is -0.389 e. The van der Waals surface area contributed by atoms with Crippen LogP contribution in [-0.2, 0) is 4.74 Å². The minimum absolute atomic E-state index is 0.390. The molecule has 0 amide bonds. The summed E-state index contributed by atoms with van der Waals surface area (Å²) >= 11 is 5.93. The molecule has 1 unspecified atom stereocenters. The lowest BCUT2D eigenvalue weighted by Gasteiger charge is -2.36. The van der Waals surface area contributed by atoms with Crippen LogP contribution in [0, 0.1) is 0 Å². The number of rotatable bonds is 8. The molecule has 0 aliphatic carbocycles. The monoisotopic (exact) mass is 326 g/mol. The Morgan fingerprint density at radius 1 is 1.18 bits per heavy atom. The van der Waals surface area contributed by atoms with Crippen LogP contribution in [0.15, 0.2) is 24.3 Å². The topological polar surface area (TPSA) is 35.9 Å². The van der Waals surface area contributed by atoms with E-state index in [1.807, 2.05) is 12.1 Å². The van der Waals surface area contributed by atoms with Gasteiger partial charge in [-0.3, -0.25) is 4.90 Å². The Kier molecular flexibility index (Phi) is 7.46. The average Bonchev–Trinajstić information content (AvgIpc) is 2.53. The Balaban J connectivity index is 1.67. The molecule has 22 heavy (non-hydrogen) atoms. The van der Waals surface area contributed by atoms with Gasteiger partial charge >= 0.3 is 0 Å². The molecule has 124 valence electrons. The highest BCUT2D eigenvalue weighted by Crippen LogP contribution is 2.19. The third-order valence-corrected chi connectivity index (χ3v) is 4.24. The van der Waals surface area contributed by atoms with E-state index in [9.17, 15) is 5.11 Å². The first-order chi connectivity index (χ1) is 10.7. The van der Waals surface area contributed by atoms with Gasteiger partial charge in [-0.05, 0) is 30.7 Å². The van der Waals surface area contributed by atoms with Gasteiger partial charge in [0, 0.05) is 50.0 Å². The van der Waals surface area contributed by atoms with Gasteiger partial charge < -0.3 is 14.7 Å². The summed E-state index contributed by atoms with van der Waals surface area (Å²) in [6.45, 7) is 7.91. The van der Waals surface area contributed by atoms with Crippen molar-refractivity contribution in [2.75, 3.05) is 50.8 Å². The number of anilines is 1. The number of unbranched alkanes of at least 4 members (excludes halogenated alkanes) is 1. The van der Waals surface area contributed by atoms with E-state index in [-0.39, 0.29) is 6.10 Å². The van der Waals surface area contributed by atoms with Crippen molar-refractivity contribution in [1.82, 2.24) is 4.90 Å². The van der Waals surface area contributed by atoms with E-state index in [2.05, 4.69) is 28.9 Å². The average molecular weight is 327 g/mol. The van der Waals surface area contributed by atoms with E-state index < -0.39 is 0 Å². The van der Waals surface area contributed by atoms with Crippen molar-refractivity contribution in [3.05, 3.63) is 29.3 Å². The lowest BCUT2D eigenvalue weighted by atomic mass is 10.2. The molecule has 1 aliphatic rings. The maximum atomic E-state index is 10.0. The number of hydrogen-bond acceptors (Lipinski definition) is 4. The number of halogens is 1. The van der Waals surface area contributed by atoms with Crippen LogP contribution in [-0.4, -0.2) is 62.0 Å². The normalized spacial score (nSPS) is 17.7. The summed E-state index contributed by atoms with van der Waals surface area (Å²) in [5, 5.41) is 10.8. The van der Waals surface area contributed by atoms with E-state index in [4.69, 9.17) is 16.3 Å². The molecule has 1 saturated heterocycles. The number of hydrogen-bond donors (Lipinski definition) is 1. The highest BCUT2D eigenvalue weighted by Gasteiger charge is 2.19. The molecule has 2 rings (SSSR count). The Bertz CT molecular complexity index is 419. The molecule has 0 saturated carbocycles. The summed E-state index contributed by atoms with van der Waals surface area (Å²) < 4.78 is 5.48. The standard InChI is InChI=1S/C17H27ClN2O2/c1-2-3-12-22-14-17(21)13-19-8-10-20(11-9-19)16-6-4-15(18)5-7-16/h4-7,17,21H,2-3,8-14H2,1H3. The molecule has 1 aromatic rings. The van der Waals surface area contributed by atoms with Gasteiger partial charge in [-0.15, -0.1) is 0 Å². The molecule has 1 aromatic carbocycles. The lowest BCUT2D eigenvalue weighted by molar-refractivity contribution is 0.0150. The molecular weight excluding hydrogens is 300 g/mol. The molecule has 0 bridgehead atoms. The fraction of sp³-hybridized carbons (Fsp3) is 0.647. The lowest BCUT2D eigenvalue weighted by Crippen LogP contribution is -2.49. The van der Waals surface area contributed by atoms with Crippen molar-refractivity contribution in [3.8, 4) is 0 Å². The number of aliphatic hydroxyl groups is 1. The molecular formula is C17H27ClN2O2. The summed E-state index contributed by atoms with van der Waals surface area (Å²) in [6, 6.07) is 7.99. The number of nitrogens with zero attached hydrogens (tertiary/aromatic N) is 2. The molecule has 1 atom stereocenters. The number of benzene rings is 1. The van der Waals surface area contributed by atoms with Gasteiger partial charge in [-0.2, -0.15) is 0 Å². The number of β-amino-alcohol motifs (C(OH)–C–C–N with tert-alkyl or cyclic N) is 1. The van der Waals surface area contributed by atoms with E-state index in [1.54, 1.807) is 0 Å². The van der Waals surface area contributed by atoms with Crippen LogP contribution in [0.3, 0.4) is 0 Å². The van der Waals surface area contributed by atoms with Crippen molar-refractivity contribution in [1.29, 1.82) is 0 Å². The zero-order chi connectivity index (χ0) is 15.8. The van der Waals surface area contributed by atoms with E-state index in [1.165, 1.54) is 5.69 Å². The van der Waals surface area contributed by atoms with Crippen molar-refractivity contribution in [2.24, 2.45) is 0 Å². The number of aliphatic hydroxyl groups excluding tert-OH is 1. The molecule has 1 fully saturated rings. The van der Waals surface area contributed by atoms with Gasteiger partial charge in [0.25, 0.3) is 0 Å². The van der Waals surface area contributed by atoms with Crippen molar-refractivity contribution in [3.63, 3.8) is 0 Å². The van der Waals surface area contributed by atoms with Crippen LogP contribution in [0.1, 0.15) is 19.8 Å². The molecule has 1 heterocycles. The fourth-order valence-corrected chi connectivity index (χ4v) is 2.78. The maximum absolute atomic E-state index is 10.0. The summed E-state index contributed by atoms with van der Waals surface area (Å²) in [5.74, 6) is 0. The second kappa shape index (κ2) is 9.36. The molecule has 4 nitrogen and oxygen atoms in total. The minimum atomic E-state index is -0.390. The van der Waals surface area contributed by atoms with E-state index in [0.29, 0.717) is 13.2 Å². The van der Waals surface area contributed by atoms with Gasteiger partial charge in [0.15, 0.2) is 0 Å². The van der Waals surface area contributed by atoms with Gasteiger partial charge in [-0.1, -0.05) is 24.9 Å². The number of ether oxygens (including phenoxy) is 1. The predicted octanol–water partition coefficient (Wildman–Crippen LogP) is 2.64. The Labute approximate surface area is 138 Å². The van der Waals surface area contributed by atoms with Crippen LogP contribution in [0.5, 0.6) is 0 Å². The molecule has 1 aliphatic heterocycles. The van der Waals surface area contributed by atoms with Gasteiger partial charge in [-0.25, -0.2) is 0 Å². The first-order valence-corrected chi connectivity index (χ1v) is 8.55. The zero-order valence-electron chi connectivity index (χ0n) is 13.4. The zero-order valence-corrected chi connectivity index (χ0v) is 14.1. The second-order valence-corrected chi connectivity index (χ2v) is 6.28. The molecule has 5 heteroatoms. The number of piperazine rings is 1. The largest absolute Gasteiger partial charge is 0.389 e. The summed E-state index contributed by atoms with van der Waals surface area (Å²) in [4.78, 5) is 4.66. The SMILES string of the molecule is CCCCOCC(O)CN1CCN(c2ccc(Cl)cc2)CC1. The van der Waals surface area contributed by atoms with Crippen LogP contribution in [0.4, 0.5) is 5.69 Å². The Morgan fingerprint density at radius 2 is 1.86 bits per heavy atom. The van der Waals surface area contributed by atoms with Crippen molar-refractivity contribution >= 4 is 17.3 Å². The van der Waals surface area contributed by atoms with Gasteiger partial charge in [0.2, 0.25) is 0 Å². The van der Waals surface area contributed by atoms with E-state index in [0.717, 1.165) is 50.7 Å². The summed E-state index contributed by atoms with van der Waals surface area (Å²) in [5.41, 5.74) is 1.22. The van der Waals surface area contributed by atoms with Crippen molar-refractivity contribution in [2.45, 2.75) is 25.9 Å². The van der Waals surface area contributed by atoms with Gasteiger partial charge in [0.05, 0.1) is 12.7 Å². The first-order valence-electron chi connectivity index (χ1n) is 8.17. The maximum Gasteiger partial charge on any atom is 0.0900 e. The smallest absolute Gasteiger partial charge is 0.0900 e. The fourth-order valence-electron chi connectivity index (χ4n) is 2.66. The van der Waals surface area contributed by atoms with Crippen molar-refractivity contribution < 1.29 is 9.84 Å². The Morgan fingerprint density at radius 3 is 2.50 bits per heavy atom. The second-order valence-electron chi connectivity index (χ2n) is 5.85. The first kappa shape index (κ1) is 17.5. The highest BCUT2D eigenvalue weighted by molar-refractivity contribution is 6.30. The van der Waals surface area contributed by atoms with Gasteiger partial charge in [0.1, 0.15) is 0 Å². The van der Waals surface area contributed by atoms with Crippen LogP contribution in [0.2, 0.25) is 5.02 Å². The van der Waals surface area contributed by atoms with E-state index >= 15 is 0 Å². The van der Waals surface area contributed by atoms with Crippen LogP contribution in [0.25, 0.3) is 0 Å². The van der Waals surface area contributed by atoms with Crippen LogP contribution >= 0.6 is 11.6 Å². The third kappa shape index (κ3) is 5.76.